The van der Waals surface area contributed by atoms with Crippen LogP contribution in [0.15, 0.2) is 28.5 Å². The molecule has 1 aliphatic heterocycles. The highest BCUT2D eigenvalue weighted by atomic mass is 35.5. The standard InChI is InChI=1S/C20H25ClN2O6S2/c1-27-15-12-14(13-16(28-2)20(15)29-3)4-6-18(24)22-8-10-23(11-9-22)31(25,26)19-7-5-17(21)30-19/h5,7,12-13H,4,6,8-11H2,1-3H3. The fourth-order valence-electron chi connectivity index (χ4n) is 3.43. The van der Waals surface area contributed by atoms with E-state index in [4.69, 9.17) is 25.8 Å². The molecule has 2 heterocycles. The van der Waals surface area contributed by atoms with Gasteiger partial charge in [-0.1, -0.05) is 11.6 Å². The molecule has 1 saturated heterocycles. The number of amides is 1. The molecule has 3 rings (SSSR count). The molecule has 1 aliphatic rings. The smallest absolute Gasteiger partial charge is 0.252 e. The number of carbonyl (C=O) groups excluding carboxylic acids is 1. The number of benzene rings is 1. The molecule has 31 heavy (non-hydrogen) atoms. The number of halogens is 1. The van der Waals surface area contributed by atoms with E-state index in [9.17, 15) is 13.2 Å². The molecule has 1 aromatic heterocycles. The number of carbonyl (C=O) groups is 1. The summed E-state index contributed by atoms with van der Waals surface area (Å²) < 4.78 is 43.5. The zero-order chi connectivity index (χ0) is 22.6. The Bertz CT molecular complexity index is 1010. The summed E-state index contributed by atoms with van der Waals surface area (Å²) in [5.74, 6) is 1.56. The van der Waals surface area contributed by atoms with E-state index in [1.165, 1.54) is 17.5 Å². The number of hydrogen-bond donors (Lipinski definition) is 0. The molecule has 2 aromatic rings. The molecule has 1 fully saturated rings. The molecular weight excluding hydrogens is 464 g/mol. The molecule has 1 amide bonds. The number of ether oxygens (including phenoxy) is 3. The van der Waals surface area contributed by atoms with Crippen molar-refractivity contribution in [3.63, 3.8) is 0 Å². The molecular formula is C20H25ClN2O6S2. The zero-order valence-electron chi connectivity index (χ0n) is 17.6. The average molecular weight is 489 g/mol. The first-order chi connectivity index (χ1) is 14.8. The van der Waals surface area contributed by atoms with E-state index in [1.54, 1.807) is 25.2 Å². The molecule has 0 N–H and O–H groups in total. The SMILES string of the molecule is COc1cc(CCC(=O)N2CCN(S(=O)(=O)c3ccc(Cl)s3)CC2)cc(OC)c1OC. The number of rotatable bonds is 8. The van der Waals surface area contributed by atoms with Crippen molar-refractivity contribution in [2.75, 3.05) is 47.5 Å². The zero-order valence-corrected chi connectivity index (χ0v) is 20.0. The number of hydrogen-bond acceptors (Lipinski definition) is 7. The predicted octanol–water partition coefficient (Wildman–Crippen LogP) is 2.89. The Morgan fingerprint density at radius 2 is 1.65 bits per heavy atom. The molecule has 0 aliphatic carbocycles. The fraction of sp³-hybridized carbons (Fsp3) is 0.450. The van der Waals surface area contributed by atoms with Crippen LogP contribution in [0.2, 0.25) is 4.34 Å². The number of methoxy groups -OCH3 is 3. The van der Waals surface area contributed by atoms with Crippen molar-refractivity contribution in [3.05, 3.63) is 34.2 Å². The van der Waals surface area contributed by atoms with Crippen molar-refractivity contribution in [1.29, 1.82) is 0 Å². The topological polar surface area (TPSA) is 85.4 Å². The number of nitrogens with zero attached hydrogens (tertiary/aromatic N) is 2. The largest absolute Gasteiger partial charge is 0.493 e. The highest BCUT2D eigenvalue weighted by molar-refractivity contribution is 7.91. The molecule has 0 saturated carbocycles. The van der Waals surface area contributed by atoms with Gasteiger partial charge in [-0.3, -0.25) is 4.79 Å². The van der Waals surface area contributed by atoms with Crippen molar-refractivity contribution in [3.8, 4) is 17.2 Å². The first-order valence-electron chi connectivity index (χ1n) is 9.62. The van der Waals surface area contributed by atoms with Crippen LogP contribution in [0.4, 0.5) is 0 Å². The summed E-state index contributed by atoms with van der Waals surface area (Å²) in [5, 5.41) is 0. The summed E-state index contributed by atoms with van der Waals surface area (Å²) >= 11 is 6.91. The Balaban J connectivity index is 1.58. The maximum atomic E-state index is 12.7. The molecule has 11 heteroatoms. The molecule has 8 nitrogen and oxygen atoms in total. The van der Waals surface area contributed by atoms with Gasteiger partial charge < -0.3 is 19.1 Å². The lowest BCUT2D eigenvalue weighted by Crippen LogP contribution is -2.50. The first kappa shape index (κ1) is 23.6. The Kier molecular flexibility index (Phi) is 7.68. The molecule has 0 bridgehead atoms. The summed E-state index contributed by atoms with van der Waals surface area (Å²) in [7, 11) is 1.05. The fourth-order valence-corrected chi connectivity index (χ4v) is 6.49. The summed E-state index contributed by atoms with van der Waals surface area (Å²) in [5.41, 5.74) is 0.888. The average Bonchev–Trinajstić information content (AvgIpc) is 3.23. The summed E-state index contributed by atoms with van der Waals surface area (Å²) in [6, 6.07) is 6.73. The van der Waals surface area contributed by atoms with Gasteiger partial charge in [-0.05, 0) is 36.2 Å². The number of sulfonamides is 1. The molecule has 0 spiro atoms. The van der Waals surface area contributed by atoms with Crippen LogP contribution in [0.1, 0.15) is 12.0 Å². The minimum Gasteiger partial charge on any atom is -0.493 e. The highest BCUT2D eigenvalue weighted by Crippen LogP contribution is 2.38. The van der Waals surface area contributed by atoms with Crippen LogP contribution in [0, 0.1) is 0 Å². The van der Waals surface area contributed by atoms with E-state index in [1.807, 2.05) is 12.1 Å². The lowest BCUT2D eigenvalue weighted by Gasteiger charge is -2.33. The van der Waals surface area contributed by atoms with Gasteiger partial charge in [0.2, 0.25) is 11.7 Å². The van der Waals surface area contributed by atoms with Gasteiger partial charge in [-0.25, -0.2) is 8.42 Å². The van der Waals surface area contributed by atoms with E-state index in [2.05, 4.69) is 0 Å². The van der Waals surface area contributed by atoms with Crippen molar-refractivity contribution in [1.82, 2.24) is 9.21 Å². The molecule has 0 radical (unpaired) electrons. The van der Waals surface area contributed by atoms with Gasteiger partial charge in [0.25, 0.3) is 10.0 Å². The minimum absolute atomic E-state index is 0.0232. The maximum absolute atomic E-state index is 12.7. The van der Waals surface area contributed by atoms with Gasteiger partial charge in [0.05, 0.1) is 25.7 Å². The highest BCUT2D eigenvalue weighted by Gasteiger charge is 2.31. The number of thiophene rings is 1. The van der Waals surface area contributed by atoms with Gasteiger partial charge in [-0.2, -0.15) is 4.31 Å². The van der Waals surface area contributed by atoms with Crippen molar-refractivity contribution >= 4 is 38.9 Å². The lowest BCUT2D eigenvalue weighted by molar-refractivity contribution is -0.132. The van der Waals surface area contributed by atoms with Crippen molar-refractivity contribution in [2.45, 2.75) is 17.1 Å². The molecule has 0 atom stereocenters. The van der Waals surface area contributed by atoms with E-state index >= 15 is 0 Å². The third-order valence-corrected chi connectivity index (χ3v) is 8.68. The van der Waals surface area contributed by atoms with Crippen molar-refractivity contribution < 1.29 is 27.4 Å². The number of piperazine rings is 1. The molecule has 1 aromatic carbocycles. The summed E-state index contributed by atoms with van der Waals surface area (Å²) in [4.78, 5) is 14.4. The minimum atomic E-state index is -3.58. The van der Waals surface area contributed by atoms with Crippen LogP contribution in [0.3, 0.4) is 0 Å². The molecule has 170 valence electrons. The molecule has 0 unspecified atom stereocenters. The Labute approximate surface area is 191 Å². The quantitative estimate of drug-likeness (QED) is 0.568. The van der Waals surface area contributed by atoms with Crippen LogP contribution in [-0.4, -0.2) is 71.0 Å². The van der Waals surface area contributed by atoms with Crippen molar-refractivity contribution in [2.24, 2.45) is 0 Å². The van der Waals surface area contributed by atoms with E-state index in [-0.39, 0.29) is 23.2 Å². The second-order valence-electron chi connectivity index (χ2n) is 6.88. The van der Waals surface area contributed by atoms with Gasteiger partial charge in [0.15, 0.2) is 11.5 Å². The van der Waals surface area contributed by atoms with Crippen LogP contribution < -0.4 is 14.2 Å². The summed E-state index contributed by atoms with van der Waals surface area (Å²) in [6.45, 7) is 1.22. The summed E-state index contributed by atoms with van der Waals surface area (Å²) in [6.07, 6.45) is 0.799. The van der Waals surface area contributed by atoms with Crippen LogP contribution >= 0.6 is 22.9 Å². The predicted molar refractivity (Wildman–Crippen MR) is 119 cm³/mol. The third-order valence-electron chi connectivity index (χ3n) is 5.09. The van der Waals surface area contributed by atoms with Gasteiger partial charge in [0, 0.05) is 32.6 Å². The van der Waals surface area contributed by atoms with Crippen LogP contribution in [-0.2, 0) is 21.2 Å². The second kappa shape index (κ2) is 10.1. The Morgan fingerprint density at radius 3 is 2.13 bits per heavy atom. The van der Waals surface area contributed by atoms with Gasteiger partial charge >= 0.3 is 0 Å². The van der Waals surface area contributed by atoms with E-state index in [0.29, 0.717) is 47.5 Å². The lowest BCUT2D eigenvalue weighted by atomic mass is 10.1. The van der Waals surface area contributed by atoms with E-state index < -0.39 is 10.0 Å². The van der Waals surface area contributed by atoms with Crippen LogP contribution in [0.5, 0.6) is 17.2 Å². The van der Waals surface area contributed by atoms with Crippen LogP contribution in [0.25, 0.3) is 0 Å². The number of aryl methyl sites for hydroxylation is 1. The maximum Gasteiger partial charge on any atom is 0.252 e. The second-order valence-corrected chi connectivity index (χ2v) is 10.8. The van der Waals surface area contributed by atoms with Gasteiger partial charge in [-0.15, -0.1) is 11.3 Å². The third kappa shape index (κ3) is 5.25. The monoisotopic (exact) mass is 488 g/mol. The van der Waals surface area contributed by atoms with E-state index in [0.717, 1.165) is 16.9 Å². The Hall–Kier alpha value is -2.01. The normalized spacial score (nSPS) is 15.0. The Morgan fingerprint density at radius 1 is 1.03 bits per heavy atom. The van der Waals surface area contributed by atoms with Gasteiger partial charge in [0.1, 0.15) is 4.21 Å². The first-order valence-corrected chi connectivity index (χ1v) is 12.3.